The van der Waals surface area contributed by atoms with E-state index in [0.29, 0.717) is 23.0 Å². The van der Waals surface area contributed by atoms with Gasteiger partial charge in [0, 0.05) is 5.41 Å². The van der Waals surface area contributed by atoms with Crippen LogP contribution in [0.25, 0.3) is 0 Å². The fraction of sp³-hybridized carbons (Fsp3) is 0.429. The molecule has 1 aromatic carbocycles. The molecule has 2 unspecified atom stereocenters. The molecule has 0 aliphatic heterocycles. The van der Waals surface area contributed by atoms with Gasteiger partial charge in [-0.1, -0.05) is 52.0 Å². The van der Waals surface area contributed by atoms with Gasteiger partial charge in [-0.05, 0) is 42.0 Å². The SMILES string of the molecule is CC1CCC(Oc2ccc(=N)n(C(=N)C(C)(C)C)c2)c2ccccc21. The minimum absolute atomic E-state index is 0.0289. The summed E-state index contributed by atoms with van der Waals surface area (Å²) < 4.78 is 7.89. The van der Waals surface area contributed by atoms with E-state index in [1.807, 2.05) is 26.8 Å². The summed E-state index contributed by atoms with van der Waals surface area (Å²) in [4.78, 5) is 0. The van der Waals surface area contributed by atoms with Crippen LogP contribution in [0.3, 0.4) is 0 Å². The molecule has 4 heteroatoms. The van der Waals surface area contributed by atoms with Gasteiger partial charge in [-0.3, -0.25) is 15.4 Å². The van der Waals surface area contributed by atoms with Gasteiger partial charge in [0.05, 0.1) is 6.20 Å². The van der Waals surface area contributed by atoms with Crippen molar-refractivity contribution in [3.05, 3.63) is 59.2 Å². The molecule has 1 aliphatic carbocycles. The Bertz CT molecular complexity index is 845. The van der Waals surface area contributed by atoms with Crippen LogP contribution < -0.4 is 10.2 Å². The fourth-order valence-electron chi connectivity index (χ4n) is 3.35. The summed E-state index contributed by atoms with van der Waals surface area (Å²) in [5.74, 6) is 1.66. The van der Waals surface area contributed by atoms with Crippen LogP contribution in [-0.4, -0.2) is 10.4 Å². The second-order valence-corrected chi connectivity index (χ2v) is 7.93. The largest absolute Gasteiger partial charge is 0.484 e. The van der Waals surface area contributed by atoms with Crippen LogP contribution in [-0.2, 0) is 0 Å². The summed E-state index contributed by atoms with van der Waals surface area (Å²) in [5.41, 5.74) is 2.59. The third-order valence-electron chi connectivity index (χ3n) is 4.89. The molecule has 0 spiro atoms. The van der Waals surface area contributed by atoms with Crippen LogP contribution in [0.2, 0.25) is 0 Å². The highest BCUT2D eigenvalue weighted by molar-refractivity contribution is 5.86. The second kappa shape index (κ2) is 6.51. The molecule has 0 bridgehead atoms. The molecule has 0 amide bonds. The van der Waals surface area contributed by atoms with E-state index in [0.717, 1.165) is 12.8 Å². The van der Waals surface area contributed by atoms with Gasteiger partial charge in [-0.15, -0.1) is 0 Å². The molecule has 25 heavy (non-hydrogen) atoms. The Morgan fingerprint density at radius 3 is 2.44 bits per heavy atom. The van der Waals surface area contributed by atoms with Crippen LogP contribution in [0.4, 0.5) is 0 Å². The number of hydrogen-bond donors (Lipinski definition) is 2. The lowest BCUT2D eigenvalue weighted by Gasteiger charge is -2.30. The number of nitrogens with zero attached hydrogens (tertiary/aromatic N) is 1. The average Bonchev–Trinajstić information content (AvgIpc) is 2.58. The van der Waals surface area contributed by atoms with Crippen LogP contribution in [0.5, 0.6) is 5.75 Å². The highest BCUT2D eigenvalue weighted by atomic mass is 16.5. The van der Waals surface area contributed by atoms with Gasteiger partial charge in [-0.2, -0.15) is 0 Å². The van der Waals surface area contributed by atoms with Gasteiger partial charge >= 0.3 is 0 Å². The highest BCUT2D eigenvalue weighted by Crippen LogP contribution is 2.39. The van der Waals surface area contributed by atoms with Gasteiger partial charge in [0.1, 0.15) is 23.2 Å². The molecule has 0 saturated carbocycles. The van der Waals surface area contributed by atoms with Crippen LogP contribution in [0, 0.1) is 16.2 Å². The monoisotopic (exact) mass is 337 g/mol. The van der Waals surface area contributed by atoms with Gasteiger partial charge in [0.15, 0.2) is 0 Å². The zero-order valence-electron chi connectivity index (χ0n) is 15.5. The summed E-state index contributed by atoms with van der Waals surface area (Å²) in [6.07, 6.45) is 3.89. The fourth-order valence-corrected chi connectivity index (χ4v) is 3.35. The Hall–Kier alpha value is -2.36. The lowest BCUT2D eigenvalue weighted by Crippen LogP contribution is -2.34. The van der Waals surface area contributed by atoms with Crippen molar-refractivity contribution in [1.82, 2.24) is 4.57 Å². The number of benzene rings is 1. The topological polar surface area (TPSA) is 61.9 Å². The van der Waals surface area contributed by atoms with Crippen molar-refractivity contribution in [2.75, 3.05) is 0 Å². The predicted octanol–water partition coefficient (Wildman–Crippen LogP) is 4.86. The van der Waals surface area contributed by atoms with Crippen molar-refractivity contribution in [3.63, 3.8) is 0 Å². The zero-order chi connectivity index (χ0) is 18.2. The number of rotatable bonds is 2. The third-order valence-corrected chi connectivity index (χ3v) is 4.89. The van der Waals surface area contributed by atoms with Crippen molar-refractivity contribution in [2.24, 2.45) is 5.41 Å². The first kappa shape index (κ1) is 17.5. The maximum atomic E-state index is 8.37. The molecular weight excluding hydrogens is 310 g/mol. The number of nitrogens with one attached hydrogen (secondary N) is 2. The van der Waals surface area contributed by atoms with Crippen molar-refractivity contribution in [1.29, 1.82) is 10.8 Å². The van der Waals surface area contributed by atoms with Crippen LogP contribution in [0.1, 0.15) is 63.7 Å². The minimum atomic E-state index is -0.327. The van der Waals surface area contributed by atoms with E-state index in [9.17, 15) is 0 Å². The average molecular weight is 337 g/mol. The third kappa shape index (κ3) is 3.53. The minimum Gasteiger partial charge on any atom is -0.484 e. The molecule has 1 heterocycles. The van der Waals surface area contributed by atoms with E-state index in [4.69, 9.17) is 15.6 Å². The normalized spacial score (nSPS) is 20.0. The number of aromatic nitrogens is 1. The Labute approximate surface area is 149 Å². The summed E-state index contributed by atoms with van der Waals surface area (Å²) in [7, 11) is 0. The van der Waals surface area contributed by atoms with E-state index in [1.165, 1.54) is 11.1 Å². The molecular formula is C21H27N3O. The Morgan fingerprint density at radius 2 is 1.76 bits per heavy atom. The summed E-state index contributed by atoms with van der Waals surface area (Å²) in [5, 5.41) is 16.5. The molecule has 4 nitrogen and oxygen atoms in total. The number of ether oxygens (including phenoxy) is 1. The molecule has 1 aliphatic rings. The molecule has 2 aromatic rings. The van der Waals surface area contributed by atoms with Gasteiger partial charge in [0.25, 0.3) is 0 Å². The summed E-state index contributed by atoms with van der Waals surface area (Å²) >= 11 is 0. The number of hydrogen-bond acceptors (Lipinski definition) is 3. The molecule has 0 fully saturated rings. The first-order valence-electron chi connectivity index (χ1n) is 8.89. The van der Waals surface area contributed by atoms with Crippen molar-refractivity contribution < 1.29 is 4.74 Å². The maximum Gasteiger partial charge on any atom is 0.137 e. The smallest absolute Gasteiger partial charge is 0.137 e. The van der Waals surface area contributed by atoms with Gasteiger partial charge in [0.2, 0.25) is 0 Å². The van der Waals surface area contributed by atoms with Crippen molar-refractivity contribution >= 4 is 5.84 Å². The van der Waals surface area contributed by atoms with Gasteiger partial charge in [-0.25, -0.2) is 0 Å². The first-order valence-corrected chi connectivity index (χ1v) is 8.89. The van der Waals surface area contributed by atoms with Crippen LogP contribution >= 0.6 is 0 Å². The predicted molar refractivity (Wildman–Crippen MR) is 100 cm³/mol. The van der Waals surface area contributed by atoms with Gasteiger partial charge < -0.3 is 4.74 Å². The summed E-state index contributed by atoms with van der Waals surface area (Å²) in [6, 6.07) is 12.0. The molecule has 132 valence electrons. The number of fused-ring (bicyclic) bond motifs is 1. The Kier molecular flexibility index (Phi) is 4.55. The highest BCUT2D eigenvalue weighted by Gasteiger charge is 2.26. The molecule has 2 atom stereocenters. The van der Waals surface area contributed by atoms with E-state index in [2.05, 4.69) is 31.2 Å². The van der Waals surface area contributed by atoms with E-state index >= 15 is 0 Å². The second-order valence-electron chi connectivity index (χ2n) is 7.93. The number of pyridine rings is 1. The lowest BCUT2D eigenvalue weighted by atomic mass is 9.82. The molecule has 3 rings (SSSR count). The van der Waals surface area contributed by atoms with E-state index in [-0.39, 0.29) is 11.5 Å². The maximum absolute atomic E-state index is 8.37. The first-order chi connectivity index (χ1) is 11.8. The Morgan fingerprint density at radius 1 is 1.08 bits per heavy atom. The summed E-state index contributed by atoms with van der Waals surface area (Å²) in [6.45, 7) is 8.21. The molecule has 0 saturated heterocycles. The Balaban J connectivity index is 1.91. The quantitative estimate of drug-likeness (QED) is 0.597. The van der Waals surface area contributed by atoms with Crippen LogP contribution in [0.15, 0.2) is 42.6 Å². The lowest BCUT2D eigenvalue weighted by molar-refractivity contribution is 0.177. The van der Waals surface area contributed by atoms with Crippen molar-refractivity contribution in [2.45, 2.75) is 52.6 Å². The van der Waals surface area contributed by atoms with Crippen molar-refractivity contribution in [3.8, 4) is 5.75 Å². The zero-order valence-corrected chi connectivity index (χ0v) is 15.5. The molecule has 1 aromatic heterocycles. The molecule has 2 N–H and O–H groups in total. The van der Waals surface area contributed by atoms with E-state index in [1.54, 1.807) is 16.8 Å². The standard InChI is InChI=1S/C21H27N3O/c1-14-9-11-18(17-8-6-5-7-16(14)17)25-15-10-12-19(22)24(13-15)20(23)21(2,3)4/h5-8,10,12-14,18,22-23H,9,11H2,1-4H3. The molecule has 0 radical (unpaired) electrons. The van der Waals surface area contributed by atoms with E-state index < -0.39 is 0 Å².